The number of halogens is 1. The van der Waals surface area contributed by atoms with Gasteiger partial charge in [-0.05, 0) is 36.4 Å². The lowest BCUT2D eigenvalue weighted by atomic mass is 10.3. The van der Waals surface area contributed by atoms with Crippen LogP contribution in [0.2, 0.25) is 0 Å². The minimum atomic E-state index is -0.347. The molecule has 2 heterocycles. The first-order valence-corrected chi connectivity index (χ1v) is 11.0. The second kappa shape index (κ2) is 10.4. The van der Waals surface area contributed by atoms with E-state index in [1.165, 1.54) is 35.6 Å². The lowest BCUT2D eigenvalue weighted by Crippen LogP contribution is -2.47. The van der Waals surface area contributed by atoms with E-state index < -0.39 is 0 Å². The normalized spacial score (nSPS) is 15.0. The second-order valence-electron chi connectivity index (χ2n) is 7.24. The number of amides is 1. The Hall–Kier alpha value is -2.88. The third-order valence-corrected chi connectivity index (χ3v) is 5.91. The molecular formula is C22H24FN5O2S. The van der Waals surface area contributed by atoms with Crippen molar-refractivity contribution in [3.63, 3.8) is 0 Å². The third-order valence-electron chi connectivity index (χ3n) is 5.01. The van der Waals surface area contributed by atoms with Crippen LogP contribution in [0, 0.1) is 5.82 Å². The van der Waals surface area contributed by atoms with E-state index >= 15 is 0 Å². The molecule has 9 heteroatoms. The highest BCUT2D eigenvalue weighted by atomic mass is 32.1. The van der Waals surface area contributed by atoms with Crippen LogP contribution < -0.4 is 10.1 Å². The number of aromatic nitrogens is 2. The minimum absolute atomic E-state index is 0.302. The topological polar surface area (TPSA) is 70.6 Å². The Balaban J connectivity index is 1.19. The van der Waals surface area contributed by atoms with E-state index in [0.29, 0.717) is 23.8 Å². The zero-order valence-corrected chi connectivity index (χ0v) is 17.9. The number of hydrogen-bond acceptors (Lipinski definition) is 7. The summed E-state index contributed by atoms with van der Waals surface area (Å²) in [5, 5.41) is 12.0. The van der Waals surface area contributed by atoms with Crippen molar-refractivity contribution in [2.45, 2.75) is 6.54 Å². The van der Waals surface area contributed by atoms with E-state index in [0.717, 1.165) is 43.5 Å². The van der Waals surface area contributed by atoms with Crippen molar-refractivity contribution < 1.29 is 13.9 Å². The molecule has 0 unspecified atom stereocenters. The molecule has 1 aromatic heterocycles. The first-order chi connectivity index (χ1) is 15.2. The van der Waals surface area contributed by atoms with Gasteiger partial charge in [-0.2, -0.15) is 0 Å². The van der Waals surface area contributed by atoms with Crippen LogP contribution in [-0.4, -0.2) is 65.2 Å². The number of hydrogen-bond donors (Lipinski definition) is 1. The maximum absolute atomic E-state index is 13.0. The standard InChI is InChI=1S/C22H24FN5O2S/c23-17-6-8-18(9-7-17)24-21(29)22-26-25-20(31-22)16-28-12-10-27(11-13-28)14-15-30-19-4-2-1-3-5-19/h1-9H,10-16H2,(H,24,29). The molecule has 0 spiro atoms. The highest BCUT2D eigenvalue weighted by Crippen LogP contribution is 2.16. The third kappa shape index (κ3) is 6.30. The van der Waals surface area contributed by atoms with Crippen LogP contribution in [0.25, 0.3) is 0 Å². The average molecular weight is 442 g/mol. The molecule has 1 aliphatic rings. The number of para-hydroxylation sites is 1. The molecule has 0 aliphatic carbocycles. The van der Waals surface area contributed by atoms with Crippen LogP contribution in [0.15, 0.2) is 54.6 Å². The lowest BCUT2D eigenvalue weighted by molar-refractivity contribution is 0.102. The number of piperazine rings is 1. The van der Waals surface area contributed by atoms with E-state index in [-0.39, 0.29) is 11.7 Å². The molecule has 0 saturated carbocycles. The molecule has 2 aromatic carbocycles. The fourth-order valence-electron chi connectivity index (χ4n) is 3.30. The molecule has 4 rings (SSSR count). The van der Waals surface area contributed by atoms with Crippen molar-refractivity contribution in [2.75, 3.05) is 44.6 Å². The van der Waals surface area contributed by atoms with Gasteiger partial charge in [-0.25, -0.2) is 4.39 Å². The van der Waals surface area contributed by atoms with Crippen molar-refractivity contribution in [1.82, 2.24) is 20.0 Å². The zero-order chi connectivity index (χ0) is 21.5. The van der Waals surface area contributed by atoms with Gasteiger partial charge in [-0.1, -0.05) is 29.5 Å². The average Bonchev–Trinajstić information content (AvgIpc) is 3.26. The van der Waals surface area contributed by atoms with Crippen LogP contribution in [0.5, 0.6) is 5.75 Å². The summed E-state index contributed by atoms with van der Waals surface area (Å²) in [6.07, 6.45) is 0. The Morgan fingerprint density at radius 2 is 1.71 bits per heavy atom. The quantitative estimate of drug-likeness (QED) is 0.579. The summed E-state index contributed by atoms with van der Waals surface area (Å²) in [7, 11) is 0. The highest BCUT2D eigenvalue weighted by molar-refractivity contribution is 7.13. The molecule has 162 valence electrons. The van der Waals surface area contributed by atoms with Crippen molar-refractivity contribution in [3.05, 3.63) is 70.4 Å². The molecule has 1 aliphatic heterocycles. The smallest absolute Gasteiger partial charge is 0.286 e. The molecule has 7 nitrogen and oxygen atoms in total. The van der Waals surface area contributed by atoms with Crippen molar-refractivity contribution >= 4 is 22.9 Å². The molecule has 1 amide bonds. The van der Waals surface area contributed by atoms with E-state index in [1.807, 2.05) is 30.3 Å². The first-order valence-electron chi connectivity index (χ1n) is 10.2. The van der Waals surface area contributed by atoms with Gasteiger partial charge < -0.3 is 10.1 Å². The molecule has 3 aromatic rings. The van der Waals surface area contributed by atoms with Gasteiger partial charge in [0.05, 0.1) is 6.54 Å². The van der Waals surface area contributed by atoms with Crippen molar-refractivity contribution in [2.24, 2.45) is 0 Å². The van der Waals surface area contributed by atoms with E-state index in [4.69, 9.17) is 4.74 Å². The zero-order valence-electron chi connectivity index (χ0n) is 17.0. The summed E-state index contributed by atoms with van der Waals surface area (Å²) in [4.78, 5) is 17.0. The molecule has 1 saturated heterocycles. The number of benzene rings is 2. The maximum atomic E-state index is 13.0. The van der Waals surface area contributed by atoms with Gasteiger partial charge in [0.15, 0.2) is 0 Å². The van der Waals surface area contributed by atoms with Gasteiger partial charge >= 0.3 is 0 Å². The lowest BCUT2D eigenvalue weighted by Gasteiger charge is -2.34. The van der Waals surface area contributed by atoms with E-state index in [9.17, 15) is 9.18 Å². The van der Waals surface area contributed by atoms with Gasteiger partial charge in [-0.3, -0.25) is 14.6 Å². The SMILES string of the molecule is O=C(Nc1ccc(F)cc1)c1nnc(CN2CCN(CCOc3ccccc3)CC2)s1. The summed E-state index contributed by atoms with van der Waals surface area (Å²) in [6.45, 7) is 6.05. The number of nitrogens with one attached hydrogen (secondary N) is 1. The summed E-state index contributed by atoms with van der Waals surface area (Å²) in [5.41, 5.74) is 0.524. The number of nitrogens with zero attached hydrogens (tertiary/aromatic N) is 4. The molecule has 0 radical (unpaired) electrons. The first kappa shape index (κ1) is 21.4. The van der Waals surface area contributed by atoms with Crippen LogP contribution in [-0.2, 0) is 6.54 Å². The Kier molecular flexibility index (Phi) is 7.18. The fraction of sp³-hybridized carbons (Fsp3) is 0.318. The summed E-state index contributed by atoms with van der Waals surface area (Å²) >= 11 is 1.29. The summed E-state index contributed by atoms with van der Waals surface area (Å²) < 4.78 is 18.8. The maximum Gasteiger partial charge on any atom is 0.286 e. The molecule has 1 N–H and O–H groups in total. The van der Waals surface area contributed by atoms with Crippen LogP contribution in [0.3, 0.4) is 0 Å². The summed E-state index contributed by atoms with van der Waals surface area (Å²) in [6, 6.07) is 15.5. The monoisotopic (exact) mass is 441 g/mol. The van der Waals surface area contributed by atoms with E-state index in [2.05, 4.69) is 25.3 Å². The van der Waals surface area contributed by atoms with Crippen molar-refractivity contribution in [3.8, 4) is 5.75 Å². The summed E-state index contributed by atoms with van der Waals surface area (Å²) in [5.74, 6) is 0.218. The van der Waals surface area contributed by atoms with Gasteiger partial charge in [0.2, 0.25) is 5.01 Å². The molecule has 0 bridgehead atoms. The fourth-order valence-corrected chi connectivity index (χ4v) is 4.08. The van der Waals surface area contributed by atoms with Crippen molar-refractivity contribution in [1.29, 1.82) is 0 Å². The molecule has 31 heavy (non-hydrogen) atoms. The Morgan fingerprint density at radius 1 is 1.00 bits per heavy atom. The second-order valence-corrected chi connectivity index (χ2v) is 8.30. The van der Waals surface area contributed by atoms with Crippen LogP contribution >= 0.6 is 11.3 Å². The minimum Gasteiger partial charge on any atom is -0.492 e. The highest BCUT2D eigenvalue weighted by Gasteiger charge is 2.20. The number of rotatable bonds is 8. The number of anilines is 1. The largest absolute Gasteiger partial charge is 0.492 e. The van der Waals surface area contributed by atoms with Gasteiger partial charge in [-0.15, -0.1) is 10.2 Å². The van der Waals surface area contributed by atoms with Gasteiger partial charge in [0.1, 0.15) is 23.2 Å². The van der Waals surface area contributed by atoms with Gasteiger partial charge in [0, 0.05) is 38.4 Å². The predicted octanol–water partition coefficient (Wildman–Crippen LogP) is 3.13. The predicted molar refractivity (Wildman–Crippen MR) is 118 cm³/mol. The molecule has 1 fully saturated rings. The molecular weight excluding hydrogens is 417 g/mol. The number of carbonyl (C=O) groups excluding carboxylic acids is 1. The Bertz CT molecular complexity index is 975. The van der Waals surface area contributed by atoms with Gasteiger partial charge in [0.25, 0.3) is 5.91 Å². The Morgan fingerprint density at radius 3 is 2.45 bits per heavy atom. The number of carbonyl (C=O) groups is 1. The number of ether oxygens (including phenoxy) is 1. The van der Waals surface area contributed by atoms with Crippen LogP contribution in [0.1, 0.15) is 14.8 Å². The molecule has 0 atom stereocenters. The Labute approximate surface area is 184 Å². The van der Waals surface area contributed by atoms with E-state index in [1.54, 1.807) is 0 Å². The van der Waals surface area contributed by atoms with Crippen LogP contribution in [0.4, 0.5) is 10.1 Å².